The zero-order valence-electron chi connectivity index (χ0n) is 9.69. The van der Waals surface area contributed by atoms with Gasteiger partial charge in [-0.15, -0.1) is 0 Å². The van der Waals surface area contributed by atoms with E-state index in [1.165, 1.54) is 5.56 Å². The van der Waals surface area contributed by atoms with Crippen molar-refractivity contribution in [2.24, 2.45) is 5.90 Å². The first kappa shape index (κ1) is 12.5. The summed E-state index contributed by atoms with van der Waals surface area (Å²) in [7, 11) is 0. The number of rotatable bonds is 4. The molecular weight excluding hydrogens is 202 g/mol. The number of aryl methyl sites for hydroxylation is 1. The summed E-state index contributed by atoms with van der Waals surface area (Å²) in [6, 6.07) is 10.0. The summed E-state index contributed by atoms with van der Waals surface area (Å²) >= 11 is 0. The first-order chi connectivity index (χ1) is 7.65. The van der Waals surface area contributed by atoms with E-state index >= 15 is 0 Å². The maximum Gasteiger partial charge on any atom is 0.352 e. The summed E-state index contributed by atoms with van der Waals surface area (Å²) in [5, 5.41) is 0. The predicted molar refractivity (Wildman–Crippen MR) is 63.4 cm³/mol. The SMILES string of the molecule is CC(C)=C(CCc1ccccc1)C(=O)ON. The number of carbonyl (C=O) groups excluding carboxylic acids is 1. The van der Waals surface area contributed by atoms with Gasteiger partial charge in [0, 0.05) is 5.57 Å². The van der Waals surface area contributed by atoms with E-state index in [0.29, 0.717) is 12.0 Å². The van der Waals surface area contributed by atoms with E-state index in [4.69, 9.17) is 5.90 Å². The van der Waals surface area contributed by atoms with E-state index in [-0.39, 0.29) is 0 Å². The van der Waals surface area contributed by atoms with Gasteiger partial charge in [0.05, 0.1) is 0 Å². The van der Waals surface area contributed by atoms with Gasteiger partial charge in [-0.3, -0.25) is 0 Å². The third-order valence-corrected chi connectivity index (χ3v) is 2.46. The Morgan fingerprint density at radius 1 is 1.25 bits per heavy atom. The molecule has 0 unspecified atom stereocenters. The van der Waals surface area contributed by atoms with Gasteiger partial charge in [-0.1, -0.05) is 35.9 Å². The summed E-state index contributed by atoms with van der Waals surface area (Å²) in [6.45, 7) is 3.77. The minimum absolute atomic E-state index is 0.434. The Morgan fingerprint density at radius 3 is 2.38 bits per heavy atom. The average molecular weight is 219 g/mol. The van der Waals surface area contributed by atoms with E-state index in [1.54, 1.807) is 0 Å². The Kier molecular flexibility index (Phi) is 4.73. The van der Waals surface area contributed by atoms with Gasteiger partial charge in [0.1, 0.15) is 0 Å². The molecule has 0 amide bonds. The highest BCUT2D eigenvalue weighted by molar-refractivity contribution is 5.88. The molecule has 16 heavy (non-hydrogen) atoms. The van der Waals surface area contributed by atoms with Crippen LogP contribution in [0.15, 0.2) is 41.5 Å². The van der Waals surface area contributed by atoms with Crippen LogP contribution in [0, 0.1) is 0 Å². The van der Waals surface area contributed by atoms with Crippen LogP contribution in [0.5, 0.6) is 0 Å². The minimum atomic E-state index is -0.434. The predicted octanol–water partition coefficient (Wildman–Crippen LogP) is 2.37. The summed E-state index contributed by atoms with van der Waals surface area (Å²) in [5.74, 6) is 4.46. The highest BCUT2D eigenvalue weighted by atomic mass is 16.7. The summed E-state index contributed by atoms with van der Waals surface area (Å²) < 4.78 is 0. The second-order valence-electron chi connectivity index (χ2n) is 3.87. The number of benzene rings is 1. The minimum Gasteiger partial charge on any atom is -0.370 e. The third kappa shape index (κ3) is 3.51. The van der Waals surface area contributed by atoms with Crippen molar-refractivity contribution < 1.29 is 9.63 Å². The number of carbonyl (C=O) groups is 1. The zero-order valence-corrected chi connectivity index (χ0v) is 9.69. The highest BCUT2D eigenvalue weighted by Crippen LogP contribution is 2.14. The van der Waals surface area contributed by atoms with Gasteiger partial charge < -0.3 is 4.84 Å². The Bertz CT molecular complexity index is 378. The van der Waals surface area contributed by atoms with Crippen LogP contribution >= 0.6 is 0 Å². The van der Waals surface area contributed by atoms with Crippen LogP contribution in [0.3, 0.4) is 0 Å². The van der Waals surface area contributed by atoms with E-state index in [2.05, 4.69) is 4.84 Å². The highest BCUT2D eigenvalue weighted by Gasteiger charge is 2.11. The molecule has 1 aromatic rings. The number of hydrogen-bond acceptors (Lipinski definition) is 3. The summed E-state index contributed by atoms with van der Waals surface area (Å²) in [6.07, 6.45) is 1.47. The molecule has 2 N–H and O–H groups in total. The molecule has 0 aliphatic heterocycles. The maximum absolute atomic E-state index is 11.4. The fourth-order valence-electron chi connectivity index (χ4n) is 1.54. The van der Waals surface area contributed by atoms with Crippen LogP contribution in [0.2, 0.25) is 0 Å². The van der Waals surface area contributed by atoms with Gasteiger partial charge in [0.2, 0.25) is 0 Å². The molecule has 0 spiro atoms. The second-order valence-corrected chi connectivity index (χ2v) is 3.87. The Hall–Kier alpha value is -1.61. The van der Waals surface area contributed by atoms with Gasteiger partial charge in [-0.05, 0) is 32.3 Å². The van der Waals surface area contributed by atoms with Crippen LogP contribution in [-0.4, -0.2) is 5.97 Å². The Morgan fingerprint density at radius 2 is 1.88 bits per heavy atom. The van der Waals surface area contributed by atoms with Crippen LogP contribution in [0.4, 0.5) is 0 Å². The molecule has 0 aliphatic carbocycles. The summed E-state index contributed by atoms with van der Waals surface area (Å²) in [5.41, 5.74) is 2.81. The number of allylic oxidation sites excluding steroid dienone is 1. The quantitative estimate of drug-likeness (QED) is 0.624. The molecule has 0 fully saturated rings. The van der Waals surface area contributed by atoms with Crippen LogP contribution in [0.25, 0.3) is 0 Å². The van der Waals surface area contributed by atoms with Crippen molar-refractivity contribution >= 4 is 5.97 Å². The zero-order chi connectivity index (χ0) is 12.0. The van der Waals surface area contributed by atoms with Crippen molar-refractivity contribution in [2.45, 2.75) is 26.7 Å². The molecule has 1 aromatic carbocycles. The molecule has 0 radical (unpaired) electrons. The maximum atomic E-state index is 11.4. The van der Waals surface area contributed by atoms with Crippen molar-refractivity contribution in [1.29, 1.82) is 0 Å². The fraction of sp³-hybridized carbons (Fsp3) is 0.308. The lowest BCUT2D eigenvalue weighted by atomic mass is 10.0. The van der Waals surface area contributed by atoms with E-state index in [0.717, 1.165) is 12.0 Å². The Labute approximate surface area is 95.9 Å². The molecule has 0 heterocycles. The molecule has 0 atom stereocenters. The largest absolute Gasteiger partial charge is 0.370 e. The van der Waals surface area contributed by atoms with Crippen LogP contribution in [0.1, 0.15) is 25.8 Å². The van der Waals surface area contributed by atoms with Gasteiger partial charge in [0.15, 0.2) is 0 Å². The first-order valence-corrected chi connectivity index (χ1v) is 5.26. The number of hydrogen-bond donors (Lipinski definition) is 1. The van der Waals surface area contributed by atoms with Crippen molar-refractivity contribution in [3.63, 3.8) is 0 Å². The van der Waals surface area contributed by atoms with Crippen LogP contribution < -0.4 is 5.90 Å². The average Bonchev–Trinajstić information content (AvgIpc) is 2.30. The molecule has 0 bridgehead atoms. The molecule has 3 nitrogen and oxygen atoms in total. The van der Waals surface area contributed by atoms with E-state index < -0.39 is 5.97 Å². The van der Waals surface area contributed by atoms with Gasteiger partial charge in [0.25, 0.3) is 0 Å². The number of nitrogens with two attached hydrogens (primary N) is 1. The van der Waals surface area contributed by atoms with Crippen molar-refractivity contribution in [3.05, 3.63) is 47.0 Å². The molecule has 86 valence electrons. The van der Waals surface area contributed by atoms with Gasteiger partial charge in [-0.2, -0.15) is 5.90 Å². The Balaban J connectivity index is 2.66. The van der Waals surface area contributed by atoms with E-state index in [9.17, 15) is 4.79 Å². The lowest BCUT2D eigenvalue weighted by Crippen LogP contribution is -2.14. The van der Waals surface area contributed by atoms with Gasteiger partial charge >= 0.3 is 5.97 Å². The molecule has 0 saturated heterocycles. The van der Waals surface area contributed by atoms with Crippen molar-refractivity contribution in [2.75, 3.05) is 0 Å². The monoisotopic (exact) mass is 219 g/mol. The molecule has 0 aliphatic rings. The smallest absolute Gasteiger partial charge is 0.352 e. The fourth-order valence-corrected chi connectivity index (χ4v) is 1.54. The van der Waals surface area contributed by atoms with Crippen molar-refractivity contribution in [3.8, 4) is 0 Å². The van der Waals surface area contributed by atoms with Gasteiger partial charge in [-0.25, -0.2) is 4.79 Å². The lowest BCUT2D eigenvalue weighted by Gasteiger charge is -2.07. The summed E-state index contributed by atoms with van der Waals surface area (Å²) in [4.78, 5) is 15.6. The van der Waals surface area contributed by atoms with Crippen molar-refractivity contribution in [1.82, 2.24) is 0 Å². The standard InChI is InChI=1S/C13H17NO2/c1-10(2)12(13(15)16-14)9-8-11-6-4-3-5-7-11/h3-7H,8-9,14H2,1-2H3. The molecule has 0 saturated carbocycles. The second kappa shape index (κ2) is 6.08. The van der Waals surface area contributed by atoms with Crippen LogP contribution in [-0.2, 0) is 16.1 Å². The topological polar surface area (TPSA) is 52.3 Å². The lowest BCUT2D eigenvalue weighted by molar-refractivity contribution is -0.139. The molecular formula is C13H17NO2. The third-order valence-electron chi connectivity index (χ3n) is 2.46. The molecule has 1 rings (SSSR count). The molecule has 0 aromatic heterocycles. The first-order valence-electron chi connectivity index (χ1n) is 5.26. The molecule has 3 heteroatoms. The normalized spacial score (nSPS) is 9.69. The van der Waals surface area contributed by atoms with E-state index in [1.807, 2.05) is 44.2 Å².